The number of hydrogen-bond donors (Lipinski definition) is 4. The standard InChI is InChI=1S/C7H12O5/c8-4-1-2-7(12,6(10)11)3-5(4)9/h4-5,8-9,12H,1-3H2,(H,10,11)/t4-,5+,7+/m0/s1. The summed E-state index contributed by atoms with van der Waals surface area (Å²) in [6.45, 7) is 0. The minimum absolute atomic E-state index is 0.0133. The molecule has 0 bridgehead atoms. The van der Waals surface area contributed by atoms with Crippen molar-refractivity contribution in [2.45, 2.75) is 37.1 Å². The van der Waals surface area contributed by atoms with E-state index in [1.54, 1.807) is 0 Å². The Hall–Kier alpha value is -0.650. The Labute approximate surface area is 69.3 Å². The zero-order chi connectivity index (χ0) is 9.35. The number of carboxylic acids is 1. The fourth-order valence-electron chi connectivity index (χ4n) is 1.36. The maximum atomic E-state index is 10.5. The van der Waals surface area contributed by atoms with Gasteiger partial charge in [-0.1, -0.05) is 0 Å². The number of hydrogen-bond acceptors (Lipinski definition) is 4. The predicted molar refractivity (Wildman–Crippen MR) is 38.5 cm³/mol. The van der Waals surface area contributed by atoms with Crippen molar-refractivity contribution in [2.75, 3.05) is 0 Å². The predicted octanol–water partition coefficient (Wildman–Crippen LogP) is -1.29. The topological polar surface area (TPSA) is 98.0 Å². The molecule has 1 rings (SSSR count). The third-order valence-corrected chi connectivity index (χ3v) is 2.24. The molecule has 0 radical (unpaired) electrons. The molecule has 0 aromatic rings. The first-order chi connectivity index (χ1) is 5.46. The second-order valence-corrected chi connectivity index (χ2v) is 3.21. The van der Waals surface area contributed by atoms with Gasteiger partial charge in [-0.05, 0) is 12.8 Å². The van der Waals surface area contributed by atoms with E-state index in [0.717, 1.165) is 0 Å². The number of aliphatic carboxylic acids is 1. The molecule has 5 nitrogen and oxygen atoms in total. The summed E-state index contributed by atoms with van der Waals surface area (Å²) in [5, 5.41) is 36.1. The van der Waals surface area contributed by atoms with E-state index in [1.165, 1.54) is 0 Å². The van der Waals surface area contributed by atoms with Crippen molar-refractivity contribution in [1.82, 2.24) is 0 Å². The van der Waals surface area contributed by atoms with Gasteiger partial charge in [0.25, 0.3) is 0 Å². The lowest BCUT2D eigenvalue weighted by Gasteiger charge is -2.33. The van der Waals surface area contributed by atoms with Gasteiger partial charge in [0.05, 0.1) is 12.2 Å². The largest absolute Gasteiger partial charge is 0.479 e. The number of aliphatic hydroxyl groups is 3. The molecule has 1 aliphatic carbocycles. The van der Waals surface area contributed by atoms with E-state index in [1.807, 2.05) is 0 Å². The first-order valence-corrected chi connectivity index (χ1v) is 3.77. The van der Waals surface area contributed by atoms with Crippen molar-refractivity contribution < 1.29 is 25.2 Å². The van der Waals surface area contributed by atoms with Crippen LogP contribution in [0.3, 0.4) is 0 Å². The number of aliphatic hydroxyl groups excluding tert-OH is 2. The fourth-order valence-corrected chi connectivity index (χ4v) is 1.36. The molecule has 0 aromatic heterocycles. The third kappa shape index (κ3) is 1.57. The Morgan fingerprint density at radius 2 is 1.92 bits per heavy atom. The molecule has 0 amide bonds. The highest BCUT2D eigenvalue weighted by Crippen LogP contribution is 2.28. The SMILES string of the molecule is O=C(O)[C@@]1(O)CC[C@H](O)[C@H](O)C1. The maximum Gasteiger partial charge on any atom is 0.335 e. The summed E-state index contributed by atoms with van der Waals surface area (Å²) in [4.78, 5) is 10.5. The molecule has 1 aliphatic rings. The van der Waals surface area contributed by atoms with Crippen molar-refractivity contribution in [3.05, 3.63) is 0 Å². The third-order valence-electron chi connectivity index (χ3n) is 2.24. The van der Waals surface area contributed by atoms with Gasteiger partial charge >= 0.3 is 5.97 Å². The monoisotopic (exact) mass is 176 g/mol. The summed E-state index contributed by atoms with van der Waals surface area (Å²) in [6.07, 6.45) is -2.25. The highest BCUT2D eigenvalue weighted by molar-refractivity contribution is 5.77. The van der Waals surface area contributed by atoms with Gasteiger partial charge in [-0.2, -0.15) is 0 Å². The molecule has 1 fully saturated rings. The molecule has 5 heteroatoms. The van der Waals surface area contributed by atoms with Crippen LogP contribution in [0.4, 0.5) is 0 Å². The molecule has 0 aromatic carbocycles. The molecular weight excluding hydrogens is 164 g/mol. The summed E-state index contributed by atoms with van der Waals surface area (Å²) in [5.74, 6) is -1.34. The molecule has 70 valence electrons. The summed E-state index contributed by atoms with van der Waals surface area (Å²) < 4.78 is 0. The molecule has 0 saturated heterocycles. The Morgan fingerprint density at radius 3 is 2.33 bits per heavy atom. The highest BCUT2D eigenvalue weighted by Gasteiger charge is 2.43. The van der Waals surface area contributed by atoms with Gasteiger partial charge < -0.3 is 20.4 Å². The van der Waals surface area contributed by atoms with Crippen molar-refractivity contribution in [3.63, 3.8) is 0 Å². The van der Waals surface area contributed by atoms with Crippen molar-refractivity contribution in [3.8, 4) is 0 Å². The number of rotatable bonds is 1. The second-order valence-electron chi connectivity index (χ2n) is 3.21. The van der Waals surface area contributed by atoms with E-state index < -0.39 is 23.8 Å². The van der Waals surface area contributed by atoms with E-state index in [4.69, 9.17) is 15.3 Å². The van der Waals surface area contributed by atoms with Crippen LogP contribution in [0.1, 0.15) is 19.3 Å². The van der Waals surface area contributed by atoms with Crippen LogP contribution in [-0.2, 0) is 4.79 Å². The molecule has 4 N–H and O–H groups in total. The van der Waals surface area contributed by atoms with Crippen LogP contribution >= 0.6 is 0 Å². The molecule has 3 atom stereocenters. The van der Waals surface area contributed by atoms with Gasteiger partial charge in [0.15, 0.2) is 5.60 Å². The van der Waals surface area contributed by atoms with E-state index in [9.17, 15) is 9.90 Å². The molecule has 1 saturated carbocycles. The minimum Gasteiger partial charge on any atom is -0.479 e. The van der Waals surface area contributed by atoms with Crippen molar-refractivity contribution in [1.29, 1.82) is 0 Å². The average Bonchev–Trinajstić information content (AvgIpc) is 1.97. The smallest absolute Gasteiger partial charge is 0.335 e. The zero-order valence-corrected chi connectivity index (χ0v) is 6.47. The van der Waals surface area contributed by atoms with E-state index >= 15 is 0 Å². The lowest BCUT2D eigenvalue weighted by molar-refractivity contribution is -0.171. The molecule has 0 aliphatic heterocycles. The van der Waals surface area contributed by atoms with Gasteiger partial charge in [-0.3, -0.25) is 0 Å². The lowest BCUT2D eigenvalue weighted by Crippen LogP contribution is -2.49. The Bertz CT molecular complexity index is 192. The first-order valence-electron chi connectivity index (χ1n) is 3.77. The van der Waals surface area contributed by atoms with Gasteiger partial charge in [0, 0.05) is 6.42 Å². The first kappa shape index (κ1) is 9.44. The van der Waals surface area contributed by atoms with Gasteiger partial charge in [-0.25, -0.2) is 4.79 Å². The van der Waals surface area contributed by atoms with Crippen molar-refractivity contribution in [2.24, 2.45) is 0 Å². The van der Waals surface area contributed by atoms with E-state index in [2.05, 4.69) is 0 Å². The highest BCUT2D eigenvalue weighted by atomic mass is 16.4. The molecular formula is C7H12O5. The van der Waals surface area contributed by atoms with Crippen LogP contribution in [-0.4, -0.2) is 44.2 Å². The number of carboxylic acid groups (broad SMARTS) is 1. The fraction of sp³-hybridized carbons (Fsp3) is 0.857. The Balaban J connectivity index is 2.66. The lowest BCUT2D eigenvalue weighted by atomic mass is 9.82. The molecule has 0 spiro atoms. The minimum atomic E-state index is -1.86. The van der Waals surface area contributed by atoms with Crippen LogP contribution in [0.25, 0.3) is 0 Å². The Morgan fingerprint density at radius 1 is 1.33 bits per heavy atom. The molecule has 0 heterocycles. The number of carbonyl (C=O) groups is 1. The summed E-state index contributed by atoms with van der Waals surface area (Å²) >= 11 is 0. The van der Waals surface area contributed by atoms with E-state index in [0.29, 0.717) is 0 Å². The average molecular weight is 176 g/mol. The van der Waals surface area contributed by atoms with Gasteiger partial charge in [-0.15, -0.1) is 0 Å². The van der Waals surface area contributed by atoms with Crippen LogP contribution < -0.4 is 0 Å². The molecule has 12 heavy (non-hydrogen) atoms. The summed E-state index contributed by atoms with van der Waals surface area (Å²) in [7, 11) is 0. The van der Waals surface area contributed by atoms with Crippen LogP contribution in [0.15, 0.2) is 0 Å². The zero-order valence-electron chi connectivity index (χ0n) is 6.47. The van der Waals surface area contributed by atoms with Crippen LogP contribution in [0.5, 0.6) is 0 Å². The van der Waals surface area contributed by atoms with Crippen LogP contribution in [0, 0.1) is 0 Å². The summed E-state index contributed by atoms with van der Waals surface area (Å²) in [5.41, 5.74) is -1.86. The summed E-state index contributed by atoms with van der Waals surface area (Å²) in [6, 6.07) is 0. The Kier molecular flexibility index (Phi) is 2.36. The van der Waals surface area contributed by atoms with Crippen LogP contribution in [0.2, 0.25) is 0 Å². The molecule has 0 unspecified atom stereocenters. The van der Waals surface area contributed by atoms with Gasteiger partial charge in [0.2, 0.25) is 0 Å². The maximum absolute atomic E-state index is 10.5. The second kappa shape index (κ2) is 3.01. The van der Waals surface area contributed by atoms with Gasteiger partial charge in [0.1, 0.15) is 0 Å². The van der Waals surface area contributed by atoms with E-state index in [-0.39, 0.29) is 19.3 Å². The quantitative estimate of drug-likeness (QED) is 0.398. The normalized spacial score (nSPS) is 42.6. The van der Waals surface area contributed by atoms with Crippen molar-refractivity contribution >= 4 is 5.97 Å².